The monoisotopic (exact) mass is 706 g/mol. The highest BCUT2D eigenvalue weighted by molar-refractivity contribution is 6.13. The van der Waals surface area contributed by atoms with Gasteiger partial charge in [-0.25, -0.2) is 0 Å². The molecular weight excluding hydrogens is 668 g/mol. The van der Waals surface area contributed by atoms with Crippen LogP contribution in [0.3, 0.4) is 0 Å². The molecule has 5 aromatic rings. The van der Waals surface area contributed by atoms with Crippen LogP contribution >= 0.6 is 0 Å². The first-order valence-electron chi connectivity index (χ1n) is 18.0. The van der Waals surface area contributed by atoms with Crippen molar-refractivity contribution in [1.29, 1.82) is 0 Å². The SMILES string of the molecule is O=C1OC(c2ccccc2)C(c2ccccc2)N2C1C(C(=O)Nc1ccc(N3CCOCC3)cc1)C1(C(=O)Nc3ccccc31)C2c1ccc(O)cc1. The summed E-state index contributed by atoms with van der Waals surface area (Å²) in [5.41, 5.74) is 3.51. The predicted molar refractivity (Wildman–Crippen MR) is 199 cm³/mol. The minimum Gasteiger partial charge on any atom is -0.508 e. The molecule has 6 unspecified atom stereocenters. The Morgan fingerprint density at radius 3 is 2.08 bits per heavy atom. The number of morpholine rings is 2. The molecule has 4 heterocycles. The third kappa shape index (κ3) is 5.36. The molecule has 0 radical (unpaired) electrons. The molecule has 4 aliphatic heterocycles. The van der Waals surface area contributed by atoms with Crippen LogP contribution in [0, 0.1) is 5.92 Å². The first-order valence-corrected chi connectivity index (χ1v) is 18.0. The van der Waals surface area contributed by atoms with Gasteiger partial charge in [-0.1, -0.05) is 91.0 Å². The zero-order chi connectivity index (χ0) is 36.1. The Bertz CT molecular complexity index is 2160. The number of cyclic esters (lactones) is 1. The van der Waals surface area contributed by atoms with E-state index in [4.69, 9.17) is 9.47 Å². The summed E-state index contributed by atoms with van der Waals surface area (Å²) in [5.74, 6) is -2.62. The number of amides is 2. The van der Waals surface area contributed by atoms with Crippen LogP contribution in [0.25, 0.3) is 0 Å². The molecule has 0 saturated carbocycles. The van der Waals surface area contributed by atoms with Gasteiger partial charge in [-0.2, -0.15) is 0 Å². The highest BCUT2D eigenvalue weighted by atomic mass is 16.6. The second-order valence-corrected chi connectivity index (χ2v) is 14.0. The van der Waals surface area contributed by atoms with Gasteiger partial charge in [-0.3, -0.25) is 19.3 Å². The molecule has 4 aliphatic rings. The van der Waals surface area contributed by atoms with Crippen LogP contribution in [0.4, 0.5) is 17.1 Å². The molecule has 9 rings (SSSR count). The summed E-state index contributed by atoms with van der Waals surface area (Å²) in [4.78, 5) is 49.2. The van der Waals surface area contributed by atoms with Crippen LogP contribution in [0.15, 0.2) is 133 Å². The Morgan fingerprint density at radius 2 is 1.38 bits per heavy atom. The molecule has 0 aromatic heterocycles. The molecule has 6 atom stereocenters. The number of carbonyl (C=O) groups is 3. The highest BCUT2D eigenvalue weighted by Gasteiger charge is 2.74. The summed E-state index contributed by atoms with van der Waals surface area (Å²) in [6.07, 6.45) is -0.756. The Kier molecular flexibility index (Phi) is 8.21. The van der Waals surface area contributed by atoms with Gasteiger partial charge in [0, 0.05) is 30.2 Å². The molecule has 10 heteroatoms. The maximum absolute atomic E-state index is 15.2. The number of esters is 1. The molecule has 10 nitrogen and oxygen atoms in total. The van der Waals surface area contributed by atoms with Crippen molar-refractivity contribution >= 4 is 34.8 Å². The van der Waals surface area contributed by atoms with Crippen LogP contribution < -0.4 is 15.5 Å². The molecule has 3 N–H and O–H groups in total. The fraction of sp³-hybridized carbons (Fsp3) is 0.233. The van der Waals surface area contributed by atoms with Crippen molar-refractivity contribution < 1.29 is 29.0 Å². The molecule has 5 aromatic carbocycles. The molecule has 0 bridgehead atoms. The number of phenolic OH excluding ortho intramolecular Hbond substituents is 1. The summed E-state index contributed by atoms with van der Waals surface area (Å²) < 4.78 is 12.0. The van der Waals surface area contributed by atoms with Gasteiger partial charge in [-0.15, -0.1) is 0 Å². The van der Waals surface area contributed by atoms with Crippen molar-refractivity contribution in [3.8, 4) is 5.75 Å². The molecule has 1 spiro atoms. The van der Waals surface area contributed by atoms with Crippen LogP contribution in [0.5, 0.6) is 5.75 Å². The fourth-order valence-electron chi connectivity index (χ4n) is 9.00. The van der Waals surface area contributed by atoms with Gasteiger partial charge in [-0.05, 0) is 64.7 Å². The molecular formula is C43H38N4O6. The van der Waals surface area contributed by atoms with Crippen molar-refractivity contribution in [3.05, 3.63) is 156 Å². The van der Waals surface area contributed by atoms with Crippen molar-refractivity contribution in [3.63, 3.8) is 0 Å². The molecule has 3 fully saturated rings. The van der Waals surface area contributed by atoms with Crippen molar-refractivity contribution in [2.75, 3.05) is 41.8 Å². The number of nitrogens with zero attached hydrogens (tertiary/aromatic N) is 2. The van der Waals surface area contributed by atoms with E-state index in [1.807, 2.05) is 114 Å². The lowest BCUT2D eigenvalue weighted by Crippen LogP contribution is -2.53. The van der Waals surface area contributed by atoms with E-state index in [0.29, 0.717) is 35.7 Å². The lowest BCUT2D eigenvalue weighted by molar-refractivity contribution is -0.177. The standard InChI is InChI=1S/C43H38N4O6/c48-32-21-15-29(16-22-32)39-43(33-13-7-8-14-34(33)45-42(43)51)35(40(49)44-30-17-19-31(20-18-30)46-23-25-52-26-24-46)37-41(50)53-38(28-11-5-2-6-12-28)36(47(37)39)27-9-3-1-4-10-27/h1-22,35-39,48H,23-26H2,(H,44,49)(H,45,51). The van der Waals surface area contributed by atoms with Crippen LogP contribution in [-0.4, -0.2) is 60.1 Å². The minimum absolute atomic E-state index is 0.0586. The third-order valence-corrected chi connectivity index (χ3v) is 11.2. The number of anilines is 3. The lowest BCUT2D eigenvalue weighted by Gasteiger charge is -2.46. The van der Waals surface area contributed by atoms with E-state index in [0.717, 1.165) is 29.9 Å². The quantitative estimate of drug-likeness (QED) is 0.180. The van der Waals surface area contributed by atoms with Gasteiger partial charge in [0.1, 0.15) is 23.3 Å². The van der Waals surface area contributed by atoms with Gasteiger partial charge in [0.15, 0.2) is 0 Å². The van der Waals surface area contributed by atoms with E-state index in [1.54, 1.807) is 24.3 Å². The molecule has 3 saturated heterocycles. The second kappa shape index (κ2) is 13.2. The smallest absolute Gasteiger partial charge is 0.324 e. The Balaban J connectivity index is 1.24. The average molecular weight is 707 g/mol. The number of hydrogen-bond donors (Lipinski definition) is 3. The first kappa shape index (κ1) is 32.9. The largest absolute Gasteiger partial charge is 0.508 e. The normalized spacial score (nSPS) is 26.4. The van der Waals surface area contributed by atoms with Gasteiger partial charge in [0.2, 0.25) is 11.8 Å². The van der Waals surface area contributed by atoms with Crippen LogP contribution in [0.1, 0.15) is 40.4 Å². The van der Waals surface area contributed by atoms with E-state index in [-0.39, 0.29) is 11.7 Å². The number of phenols is 1. The van der Waals surface area contributed by atoms with Crippen molar-refractivity contribution in [2.24, 2.45) is 5.92 Å². The summed E-state index contributed by atoms with van der Waals surface area (Å²) in [6, 6.07) is 38.5. The van der Waals surface area contributed by atoms with E-state index in [9.17, 15) is 9.90 Å². The van der Waals surface area contributed by atoms with E-state index >= 15 is 9.59 Å². The number of nitrogens with one attached hydrogen (secondary N) is 2. The number of fused-ring (bicyclic) bond motifs is 3. The molecule has 266 valence electrons. The maximum Gasteiger partial charge on any atom is 0.324 e. The maximum atomic E-state index is 15.2. The summed E-state index contributed by atoms with van der Waals surface area (Å²) >= 11 is 0. The number of hydrogen-bond acceptors (Lipinski definition) is 8. The number of benzene rings is 5. The molecule has 53 heavy (non-hydrogen) atoms. The molecule has 2 amide bonds. The zero-order valence-corrected chi connectivity index (χ0v) is 28.8. The number of aromatic hydroxyl groups is 1. The number of ether oxygens (including phenoxy) is 2. The van der Waals surface area contributed by atoms with Gasteiger partial charge >= 0.3 is 5.97 Å². The van der Waals surface area contributed by atoms with Gasteiger partial charge in [0.25, 0.3) is 0 Å². The van der Waals surface area contributed by atoms with Crippen LogP contribution in [-0.2, 0) is 29.3 Å². The van der Waals surface area contributed by atoms with Crippen molar-refractivity contribution in [2.45, 2.75) is 29.6 Å². The third-order valence-electron chi connectivity index (χ3n) is 11.2. The van der Waals surface area contributed by atoms with E-state index in [1.165, 1.54) is 0 Å². The Hall–Kier alpha value is -5.97. The summed E-state index contributed by atoms with van der Waals surface area (Å²) in [5, 5.41) is 16.6. The number of carbonyl (C=O) groups excluding carboxylic acids is 3. The minimum atomic E-state index is -1.58. The van der Waals surface area contributed by atoms with E-state index in [2.05, 4.69) is 15.5 Å². The lowest BCUT2D eigenvalue weighted by atomic mass is 9.65. The van der Waals surface area contributed by atoms with Gasteiger partial charge < -0.3 is 30.1 Å². The fourth-order valence-corrected chi connectivity index (χ4v) is 9.00. The van der Waals surface area contributed by atoms with Crippen LogP contribution in [0.2, 0.25) is 0 Å². The number of rotatable bonds is 6. The van der Waals surface area contributed by atoms with E-state index < -0.39 is 47.4 Å². The Morgan fingerprint density at radius 1 is 0.736 bits per heavy atom. The summed E-state index contributed by atoms with van der Waals surface area (Å²) in [7, 11) is 0. The highest BCUT2D eigenvalue weighted by Crippen LogP contribution is 2.64. The Labute approximate surface area is 307 Å². The average Bonchev–Trinajstić information content (AvgIpc) is 3.68. The topological polar surface area (TPSA) is 120 Å². The zero-order valence-electron chi connectivity index (χ0n) is 28.8. The summed E-state index contributed by atoms with van der Waals surface area (Å²) in [6.45, 7) is 2.85. The van der Waals surface area contributed by atoms with Crippen molar-refractivity contribution in [1.82, 2.24) is 4.90 Å². The predicted octanol–water partition coefficient (Wildman–Crippen LogP) is 6.14. The number of para-hydroxylation sites is 1. The first-order chi connectivity index (χ1) is 25.9. The van der Waals surface area contributed by atoms with Gasteiger partial charge in [0.05, 0.1) is 31.2 Å². The molecule has 0 aliphatic carbocycles. The second-order valence-electron chi connectivity index (χ2n) is 14.0.